The summed E-state index contributed by atoms with van der Waals surface area (Å²) in [6.45, 7) is 7.97. The van der Waals surface area contributed by atoms with E-state index in [9.17, 15) is 19.5 Å². The first-order chi connectivity index (χ1) is 10.7. The summed E-state index contributed by atoms with van der Waals surface area (Å²) >= 11 is 0. The number of carbonyl (C=O) groups is 3. The molecule has 2 amide bonds. The van der Waals surface area contributed by atoms with Crippen LogP contribution >= 0.6 is 0 Å². The summed E-state index contributed by atoms with van der Waals surface area (Å²) in [4.78, 5) is 38.7. The summed E-state index contributed by atoms with van der Waals surface area (Å²) in [5, 5.41) is 9.20. The molecule has 0 radical (unpaired) electrons. The van der Waals surface area contributed by atoms with E-state index in [-0.39, 0.29) is 5.91 Å². The van der Waals surface area contributed by atoms with Crippen molar-refractivity contribution in [2.45, 2.75) is 33.2 Å². The lowest BCUT2D eigenvalue weighted by molar-refractivity contribution is -0.147. The van der Waals surface area contributed by atoms with Crippen molar-refractivity contribution in [2.24, 2.45) is 0 Å². The second-order valence-electron chi connectivity index (χ2n) is 5.78. The molecule has 0 heterocycles. The fourth-order valence-electron chi connectivity index (χ4n) is 2.04. The minimum absolute atomic E-state index is 0.0896. The maximum Gasteiger partial charge on any atom is 0.329 e. The Bertz CT molecular complexity index is 589. The summed E-state index contributed by atoms with van der Waals surface area (Å²) in [6.07, 6.45) is 0. The molecule has 126 valence electrons. The number of nitrogens with zero attached hydrogens (tertiary/aromatic N) is 2. The Balaban J connectivity index is 2.99. The van der Waals surface area contributed by atoms with Crippen molar-refractivity contribution in [1.29, 1.82) is 0 Å². The molecule has 0 atom stereocenters. The number of benzene rings is 1. The van der Waals surface area contributed by atoms with Crippen molar-refractivity contribution in [3.8, 4) is 0 Å². The van der Waals surface area contributed by atoms with Gasteiger partial charge in [-0.25, -0.2) is 4.79 Å². The minimum atomic E-state index is -1.31. The van der Waals surface area contributed by atoms with Gasteiger partial charge in [0, 0.05) is 31.3 Å². The molecule has 0 fully saturated rings. The molecule has 1 aromatic rings. The number of amides is 2. The fraction of sp³-hybridized carbons (Fsp3) is 0.471. The van der Waals surface area contributed by atoms with Crippen molar-refractivity contribution in [3.63, 3.8) is 0 Å². The van der Waals surface area contributed by atoms with Gasteiger partial charge in [0.15, 0.2) is 0 Å². The number of carbonyl (C=O) groups excluding carboxylic acids is 2. The van der Waals surface area contributed by atoms with Gasteiger partial charge < -0.3 is 14.9 Å². The molecule has 0 aromatic heterocycles. The number of aliphatic carboxylic acids is 1. The van der Waals surface area contributed by atoms with Gasteiger partial charge in [-0.05, 0) is 52.0 Å². The minimum Gasteiger partial charge on any atom is -0.480 e. The number of carboxylic acid groups (broad SMARTS) is 1. The van der Waals surface area contributed by atoms with Crippen LogP contribution in [-0.2, 0) is 4.79 Å². The molecule has 1 rings (SSSR count). The highest BCUT2D eigenvalue weighted by atomic mass is 16.4. The third-order valence-electron chi connectivity index (χ3n) is 4.10. The lowest BCUT2D eigenvalue weighted by Crippen LogP contribution is -2.50. The van der Waals surface area contributed by atoms with Crippen LogP contribution in [0.5, 0.6) is 0 Å². The molecule has 1 aromatic carbocycles. The summed E-state index contributed by atoms with van der Waals surface area (Å²) in [5.41, 5.74) is -0.462. The predicted octanol–water partition coefficient (Wildman–Crippen LogP) is 2.10. The van der Waals surface area contributed by atoms with Gasteiger partial charge in [0.1, 0.15) is 5.54 Å². The van der Waals surface area contributed by atoms with E-state index in [2.05, 4.69) is 0 Å². The van der Waals surface area contributed by atoms with Gasteiger partial charge in [-0.3, -0.25) is 9.59 Å². The molecule has 23 heavy (non-hydrogen) atoms. The zero-order valence-corrected chi connectivity index (χ0v) is 14.3. The average molecular weight is 320 g/mol. The summed E-state index contributed by atoms with van der Waals surface area (Å²) in [5.74, 6) is -1.57. The first-order valence-electron chi connectivity index (χ1n) is 7.57. The highest BCUT2D eigenvalue weighted by Gasteiger charge is 2.35. The largest absolute Gasteiger partial charge is 0.480 e. The van der Waals surface area contributed by atoms with Crippen LogP contribution in [0.2, 0.25) is 0 Å². The molecule has 0 aliphatic heterocycles. The van der Waals surface area contributed by atoms with Crippen molar-refractivity contribution >= 4 is 17.8 Å². The Morgan fingerprint density at radius 1 is 0.957 bits per heavy atom. The quantitative estimate of drug-likeness (QED) is 0.871. The van der Waals surface area contributed by atoms with Gasteiger partial charge in [0.05, 0.1) is 0 Å². The summed E-state index contributed by atoms with van der Waals surface area (Å²) in [6, 6.07) is 6.28. The zero-order chi connectivity index (χ0) is 17.8. The Kier molecular flexibility index (Phi) is 5.90. The molecule has 6 heteroatoms. The molecule has 0 saturated carbocycles. The highest BCUT2D eigenvalue weighted by molar-refractivity contribution is 5.99. The maximum absolute atomic E-state index is 12.4. The van der Waals surface area contributed by atoms with Gasteiger partial charge in [-0.15, -0.1) is 0 Å². The molecule has 0 aliphatic rings. The Morgan fingerprint density at radius 2 is 1.35 bits per heavy atom. The zero-order valence-electron chi connectivity index (χ0n) is 14.3. The SMILES string of the molecule is CCN(CC)C(=O)c1ccc(C(=O)N(C)C(C)(C)C(=O)O)cc1. The lowest BCUT2D eigenvalue weighted by Gasteiger charge is -2.31. The number of likely N-dealkylation sites (N-methyl/N-ethyl adjacent to an activating group) is 1. The molecule has 0 aliphatic carbocycles. The third kappa shape index (κ3) is 3.88. The predicted molar refractivity (Wildman–Crippen MR) is 87.5 cm³/mol. The summed E-state index contributed by atoms with van der Waals surface area (Å²) in [7, 11) is 1.45. The van der Waals surface area contributed by atoms with Gasteiger partial charge >= 0.3 is 5.97 Å². The lowest BCUT2D eigenvalue weighted by atomic mass is 10.0. The number of hydrogen-bond acceptors (Lipinski definition) is 3. The van der Waals surface area contributed by atoms with E-state index in [1.807, 2.05) is 13.8 Å². The molecular formula is C17H24N2O4. The van der Waals surface area contributed by atoms with E-state index in [1.165, 1.54) is 25.8 Å². The van der Waals surface area contributed by atoms with Gasteiger partial charge in [0.2, 0.25) is 0 Å². The van der Waals surface area contributed by atoms with E-state index in [1.54, 1.807) is 29.2 Å². The van der Waals surface area contributed by atoms with Crippen LogP contribution in [-0.4, -0.2) is 58.4 Å². The van der Waals surface area contributed by atoms with Crippen molar-refractivity contribution in [1.82, 2.24) is 9.80 Å². The molecule has 6 nitrogen and oxygen atoms in total. The van der Waals surface area contributed by atoms with Crippen LogP contribution in [0.4, 0.5) is 0 Å². The van der Waals surface area contributed by atoms with E-state index in [0.717, 1.165) is 0 Å². The molecule has 0 bridgehead atoms. The molecular weight excluding hydrogens is 296 g/mol. The van der Waals surface area contributed by atoms with Gasteiger partial charge in [-0.2, -0.15) is 0 Å². The van der Waals surface area contributed by atoms with E-state index < -0.39 is 17.4 Å². The Morgan fingerprint density at radius 3 is 1.70 bits per heavy atom. The molecule has 0 spiro atoms. The van der Waals surface area contributed by atoms with E-state index >= 15 is 0 Å². The van der Waals surface area contributed by atoms with Crippen molar-refractivity contribution < 1.29 is 19.5 Å². The fourth-order valence-corrected chi connectivity index (χ4v) is 2.04. The Hall–Kier alpha value is -2.37. The highest BCUT2D eigenvalue weighted by Crippen LogP contribution is 2.17. The molecule has 0 unspecified atom stereocenters. The normalized spacial score (nSPS) is 11.0. The van der Waals surface area contributed by atoms with Gasteiger partial charge in [-0.1, -0.05) is 0 Å². The summed E-state index contributed by atoms with van der Waals surface area (Å²) < 4.78 is 0. The number of hydrogen-bond donors (Lipinski definition) is 1. The number of rotatable bonds is 6. The van der Waals surface area contributed by atoms with E-state index in [4.69, 9.17) is 0 Å². The van der Waals surface area contributed by atoms with Crippen LogP contribution < -0.4 is 0 Å². The van der Waals surface area contributed by atoms with Crippen molar-refractivity contribution in [3.05, 3.63) is 35.4 Å². The second-order valence-corrected chi connectivity index (χ2v) is 5.78. The molecule has 1 N–H and O–H groups in total. The van der Waals surface area contributed by atoms with Crippen LogP contribution in [0.25, 0.3) is 0 Å². The third-order valence-corrected chi connectivity index (χ3v) is 4.10. The average Bonchev–Trinajstić information content (AvgIpc) is 2.54. The number of carboxylic acids is 1. The standard InChI is InChI=1S/C17H24N2O4/c1-6-19(7-2)15(21)13-10-8-12(9-11-13)14(20)18(5)17(3,4)16(22)23/h8-11H,6-7H2,1-5H3,(H,22,23). The second kappa shape index (κ2) is 7.26. The van der Waals surface area contributed by atoms with Crippen LogP contribution in [0, 0.1) is 0 Å². The first-order valence-corrected chi connectivity index (χ1v) is 7.57. The first kappa shape index (κ1) is 18.7. The van der Waals surface area contributed by atoms with Gasteiger partial charge in [0.25, 0.3) is 11.8 Å². The van der Waals surface area contributed by atoms with Crippen molar-refractivity contribution in [2.75, 3.05) is 20.1 Å². The monoisotopic (exact) mass is 320 g/mol. The van der Waals surface area contributed by atoms with Crippen LogP contribution in [0.3, 0.4) is 0 Å². The topological polar surface area (TPSA) is 77.9 Å². The Labute approximate surface area is 136 Å². The molecule has 0 saturated heterocycles. The van der Waals surface area contributed by atoms with E-state index in [0.29, 0.717) is 24.2 Å². The smallest absolute Gasteiger partial charge is 0.329 e. The van der Waals surface area contributed by atoms with Crippen LogP contribution in [0.1, 0.15) is 48.4 Å². The maximum atomic E-state index is 12.4. The van der Waals surface area contributed by atoms with Crippen LogP contribution in [0.15, 0.2) is 24.3 Å².